The Hall–Kier alpha value is -0.120. The van der Waals surface area contributed by atoms with Gasteiger partial charge in [-0.3, -0.25) is 4.90 Å². The monoisotopic (exact) mass is 240 g/mol. The fourth-order valence-electron chi connectivity index (χ4n) is 2.66. The van der Waals surface area contributed by atoms with Crippen LogP contribution in [0.2, 0.25) is 0 Å². The Labute approximate surface area is 106 Å². The quantitative estimate of drug-likeness (QED) is 0.737. The van der Waals surface area contributed by atoms with E-state index in [0.29, 0.717) is 6.10 Å². The molecule has 0 aromatic heterocycles. The second-order valence-corrected chi connectivity index (χ2v) is 5.52. The molecule has 1 aliphatic heterocycles. The molecule has 3 heteroatoms. The predicted molar refractivity (Wildman–Crippen MR) is 71.3 cm³/mol. The highest BCUT2D eigenvalue weighted by Crippen LogP contribution is 2.20. The third-order valence-electron chi connectivity index (χ3n) is 3.98. The van der Waals surface area contributed by atoms with Crippen LogP contribution in [0.3, 0.4) is 0 Å². The molecule has 0 aromatic rings. The molecule has 1 saturated heterocycles. The highest BCUT2D eigenvalue weighted by molar-refractivity contribution is 4.85. The van der Waals surface area contributed by atoms with Crippen LogP contribution in [0.15, 0.2) is 0 Å². The zero-order chi connectivity index (χ0) is 12.1. The van der Waals surface area contributed by atoms with Gasteiger partial charge in [-0.2, -0.15) is 0 Å². The number of morpholine rings is 1. The lowest BCUT2D eigenvalue weighted by Gasteiger charge is -2.38. The van der Waals surface area contributed by atoms with E-state index in [1.165, 1.54) is 32.2 Å². The molecule has 2 aliphatic rings. The molecule has 2 unspecified atom stereocenters. The van der Waals surface area contributed by atoms with Crippen molar-refractivity contribution in [2.24, 2.45) is 0 Å². The molecule has 3 nitrogen and oxygen atoms in total. The first-order chi connectivity index (χ1) is 8.33. The maximum Gasteiger partial charge on any atom is 0.0700 e. The number of nitrogens with one attached hydrogen (secondary N) is 1. The lowest BCUT2D eigenvalue weighted by atomic mass is 10.1. The summed E-state index contributed by atoms with van der Waals surface area (Å²) in [6.07, 6.45) is 6.98. The van der Waals surface area contributed by atoms with Crippen LogP contribution >= 0.6 is 0 Å². The van der Waals surface area contributed by atoms with Crippen LogP contribution in [0.25, 0.3) is 0 Å². The van der Waals surface area contributed by atoms with Gasteiger partial charge < -0.3 is 10.1 Å². The van der Waals surface area contributed by atoms with Crippen molar-refractivity contribution in [2.75, 3.05) is 26.2 Å². The van der Waals surface area contributed by atoms with E-state index in [9.17, 15) is 0 Å². The van der Waals surface area contributed by atoms with Gasteiger partial charge in [-0.25, -0.2) is 0 Å². The molecule has 17 heavy (non-hydrogen) atoms. The average Bonchev–Trinajstić information content (AvgIpc) is 3.18. The van der Waals surface area contributed by atoms with Crippen molar-refractivity contribution in [3.05, 3.63) is 0 Å². The smallest absolute Gasteiger partial charge is 0.0700 e. The Balaban J connectivity index is 1.79. The fourth-order valence-corrected chi connectivity index (χ4v) is 2.66. The van der Waals surface area contributed by atoms with E-state index in [-0.39, 0.29) is 0 Å². The van der Waals surface area contributed by atoms with Crippen molar-refractivity contribution in [3.8, 4) is 0 Å². The molecule has 2 atom stereocenters. The lowest BCUT2D eigenvalue weighted by Crippen LogP contribution is -2.51. The van der Waals surface area contributed by atoms with Crippen molar-refractivity contribution in [3.63, 3.8) is 0 Å². The van der Waals surface area contributed by atoms with E-state index in [4.69, 9.17) is 4.74 Å². The minimum absolute atomic E-state index is 0.462. The molecular formula is C14H28N2O. The van der Waals surface area contributed by atoms with Crippen LogP contribution in [-0.2, 0) is 4.74 Å². The van der Waals surface area contributed by atoms with Gasteiger partial charge in [-0.1, -0.05) is 20.3 Å². The van der Waals surface area contributed by atoms with Gasteiger partial charge >= 0.3 is 0 Å². The standard InChI is InChI=1S/C14H28N2O/c1-3-5-13(10-15-12-6-7-12)16-8-9-17-14(4-2)11-16/h12-15H,3-11H2,1-2H3. The summed E-state index contributed by atoms with van der Waals surface area (Å²) in [5.74, 6) is 0. The molecule has 1 heterocycles. The van der Waals surface area contributed by atoms with Crippen LogP contribution in [0.1, 0.15) is 46.0 Å². The van der Waals surface area contributed by atoms with Crippen LogP contribution in [0.4, 0.5) is 0 Å². The van der Waals surface area contributed by atoms with Crippen LogP contribution in [0, 0.1) is 0 Å². The maximum atomic E-state index is 5.76. The minimum Gasteiger partial charge on any atom is -0.376 e. The largest absolute Gasteiger partial charge is 0.376 e. The van der Waals surface area contributed by atoms with Gasteiger partial charge in [0.1, 0.15) is 0 Å². The molecule has 0 aromatic carbocycles. The summed E-state index contributed by atoms with van der Waals surface area (Å²) in [6, 6.07) is 1.55. The Kier molecular flexibility index (Phi) is 5.26. The van der Waals surface area contributed by atoms with Crippen LogP contribution < -0.4 is 5.32 Å². The van der Waals surface area contributed by atoms with Gasteiger partial charge in [-0.05, 0) is 25.7 Å². The molecule has 2 fully saturated rings. The van der Waals surface area contributed by atoms with E-state index in [1.54, 1.807) is 0 Å². The number of nitrogens with zero attached hydrogens (tertiary/aromatic N) is 1. The molecule has 0 radical (unpaired) electrons. The van der Waals surface area contributed by atoms with E-state index in [1.807, 2.05) is 0 Å². The van der Waals surface area contributed by atoms with E-state index >= 15 is 0 Å². The Bertz CT molecular complexity index is 218. The topological polar surface area (TPSA) is 24.5 Å². The van der Waals surface area contributed by atoms with Crippen LogP contribution in [0.5, 0.6) is 0 Å². The fraction of sp³-hybridized carbons (Fsp3) is 1.00. The molecule has 1 aliphatic carbocycles. The van der Waals surface area contributed by atoms with Gasteiger partial charge in [0.2, 0.25) is 0 Å². The lowest BCUT2D eigenvalue weighted by molar-refractivity contribution is -0.0453. The summed E-state index contributed by atoms with van der Waals surface area (Å²) in [5, 5.41) is 3.69. The van der Waals surface area contributed by atoms with Crippen LogP contribution in [-0.4, -0.2) is 49.3 Å². The summed E-state index contributed by atoms with van der Waals surface area (Å²) < 4.78 is 5.76. The van der Waals surface area contributed by atoms with Gasteiger partial charge in [-0.15, -0.1) is 0 Å². The Morgan fingerprint density at radius 1 is 1.35 bits per heavy atom. The zero-order valence-electron chi connectivity index (χ0n) is 11.5. The first kappa shape index (κ1) is 13.3. The Morgan fingerprint density at radius 2 is 2.18 bits per heavy atom. The van der Waals surface area contributed by atoms with E-state index in [2.05, 4.69) is 24.1 Å². The summed E-state index contributed by atoms with van der Waals surface area (Å²) in [5.41, 5.74) is 0. The molecule has 1 N–H and O–H groups in total. The molecule has 0 spiro atoms. The normalized spacial score (nSPS) is 28.2. The van der Waals surface area contributed by atoms with Crippen molar-refractivity contribution in [2.45, 2.75) is 64.1 Å². The second kappa shape index (κ2) is 6.72. The van der Waals surface area contributed by atoms with E-state index in [0.717, 1.165) is 38.2 Å². The van der Waals surface area contributed by atoms with Gasteiger partial charge in [0.25, 0.3) is 0 Å². The van der Waals surface area contributed by atoms with Crippen molar-refractivity contribution >= 4 is 0 Å². The molecule has 2 rings (SSSR count). The molecule has 1 saturated carbocycles. The summed E-state index contributed by atoms with van der Waals surface area (Å²) in [4.78, 5) is 2.65. The summed E-state index contributed by atoms with van der Waals surface area (Å²) >= 11 is 0. The van der Waals surface area contributed by atoms with Gasteiger partial charge in [0.15, 0.2) is 0 Å². The van der Waals surface area contributed by atoms with E-state index < -0.39 is 0 Å². The van der Waals surface area contributed by atoms with Gasteiger partial charge in [0.05, 0.1) is 12.7 Å². The Morgan fingerprint density at radius 3 is 2.82 bits per heavy atom. The average molecular weight is 240 g/mol. The van der Waals surface area contributed by atoms with Crippen molar-refractivity contribution in [1.82, 2.24) is 10.2 Å². The highest BCUT2D eigenvalue weighted by atomic mass is 16.5. The molecule has 100 valence electrons. The third kappa shape index (κ3) is 4.23. The SMILES string of the molecule is CCCC(CNC1CC1)N1CCOC(CC)C1. The first-order valence-corrected chi connectivity index (χ1v) is 7.42. The molecule has 0 amide bonds. The zero-order valence-corrected chi connectivity index (χ0v) is 11.5. The summed E-state index contributed by atoms with van der Waals surface area (Å²) in [6.45, 7) is 8.87. The maximum absolute atomic E-state index is 5.76. The van der Waals surface area contributed by atoms with Crippen molar-refractivity contribution < 1.29 is 4.74 Å². The van der Waals surface area contributed by atoms with Gasteiger partial charge in [0, 0.05) is 31.7 Å². The van der Waals surface area contributed by atoms with Crippen molar-refractivity contribution in [1.29, 1.82) is 0 Å². The minimum atomic E-state index is 0.462. The highest BCUT2D eigenvalue weighted by Gasteiger charge is 2.27. The number of hydrogen-bond donors (Lipinski definition) is 1. The third-order valence-corrected chi connectivity index (χ3v) is 3.98. The number of rotatable bonds is 7. The first-order valence-electron chi connectivity index (χ1n) is 7.42. The predicted octanol–water partition coefficient (Wildman–Crippen LogP) is 2.02. The molecular weight excluding hydrogens is 212 g/mol. The number of ether oxygens (including phenoxy) is 1. The number of hydrogen-bond acceptors (Lipinski definition) is 3. The molecule has 0 bridgehead atoms. The summed E-state index contributed by atoms with van der Waals surface area (Å²) in [7, 11) is 0. The second-order valence-electron chi connectivity index (χ2n) is 5.52.